The highest BCUT2D eigenvalue weighted by Gasteiger charge is 2.31. The van der Waals surface area contributed by atoms with Crippen LogP contribution in [0.25, 0.3) is 0 Å². The number of rotatable bonds is 8. The van der Waals surface area contributed by atoms with Crippen molar-refractivity contribution in [3.63, 3.8) is 0 Å². The Morgan fingerprint density at radius 1 is 1.33 bits per heavy atom. The Morgan fingerprint density at radius 2 is 2.05 bits per heavy atom. The van der Waals surface area contributed by atoms with Crippen LogP contribution in [0.1, 0.15) is 12.5 Å². The van der Waals surface area contributed by atoms with Crippen molar-refractivity contribution in [2.75, 3.05) is 38.3 Å². The molecule has 0 aliphatic heterocycles. The van der Waals surface area contributed by atoms with Crippen molar-refractivity contribution in [2.45, 2.75) is 19.6 Å². The maximum absolute atomic E-state index is 12.7. The van der Waals surface area contributed by atoms with Crippen molar-refractivity contribution in [1.29, 1.82) is 0 Å². The van der Waals surface area contributed by atoms with Gasteiger partial charge in [0.2, 0.25) is 0 Å². The number of ether oxygens (including phenoxy) is 1. The molecule has 0 radical (unpaired) electrons. The molecular weight excluding hydrogens is 349 g/mol. The molecule has 1 rings (SSSR count). The average molecular weight is 369 g/mol. The average Bonchev–Trinajstić information content (AvgIpc) is 2.41. The van der Waals surface area contributed by atoms with Crippen LogP contribution >= 0.6 is 15.9 Å². The van der Waals surface area contributed by atoms with Crippen molar-refractivity contribution in [3.05, 3.63) is 28.2 Å². The largest absolute Gasteiger partial charge is 0.405 e. The lowest BCUT2D eigenvalue weighted by atomic mass is 10.1. The van der Waals surface area contributed by atoms with Gasteiger partial charge in [-0.3, -0.25) is 0 Å². The highest BCUT2D eigenvalue weighted by atomic mass is 79.9. The number of hydrogen-bond donors (Lipinski definition) is 1. The zero-order valence-corrected chi connectivity index (χ0v) is 13.7. The molecule has 0 fully saturated rings. The summed E-state index contributed by atoms with van der Waals surface area (Å²) >= 11 is 3.32. The smallest absolute Gasteiger partial charge is 0.383 e. The van der Waals surface area contributed by atoms with Gasteiger partial charge in [-0.2, -0.15) is 13.2 Å². The number of hydrogen-bond acceptors (Lipinski definition) is 3. The van der Waals surface area contributed by atoms with Gasteiger partial charge in [0.1, 0.15) is 6.54 Å². The fourth-order valence-corrected chi connectivity index (χ4v) is 2.31. The van der Waals surface area contributed by atoms with Gasteiger partial charge in [0.15, 0.2) is 0 Å². The van der Waals surface area contributed by atoms with Crippen LogP contribution in [0, 0.1) is 0 Å². The van der Waals surface area contributed by atoms with E-state index in [1.54, 1.807) is 20.1 Å². The lowest BCUT2D eigenvalue weighted by Crippen LogP contribution is -2.35. The molecule has 0 unspecified atom stereocenters. The van der Waals surface area contributed by atoms with Crippen LogP contribution in [-0.4, -0.2) is 39.5 Å². The van der Waals surface area contributed by atoms with Crippen molar-refractivity contribution in [2.24, 2.45) is 0 Å². The van der Waals surface area contributed by atoms with Crippen LogP contribution in [0.15, 0.2) is 22.7 Å². The second-order valence-electron chi connectivity index (χ2n) is 4.57. The molecule has 0 heterocycles. The third-order valence-electron chi connectivity index (χ3n) is 2.94. The lowest BCUT2D eigenvalue weighted by molar-refractivity contribution is -0.119. The molecule has 0 aromatic heterocycles. The summed E-state index contributed by atoms with van der Waals surface area (Å²) in [5.41, 5.74) is 1.43. The maximum Gasteiger partial charge on any atom is 0.405 e. The summed E-state index contributed by atoms with van der Waals surface area (Å²) < 4.78 is 43.7. The van der Waals surface area contributed by atoms with Crippen molar-refractivity contribution >= 4 is 21.6 Å². The van der Waals surface area contributed by atoms with E-state index in [4.69, 9.17) is 4.74 Å². The minimum atomic E-state index is -4.22. The monoisotopic (exact) mass is 368 g/mol. The van der Waals surface area contributed by atoms with E-state index in [-0.39, 0.29) is 0 Å². The molecule has 1 aromatic carbocycles. The molecule has 3 nitrogen and oxygen atoms in total. The quantitative estimate of drug-likeness (QED) is 0.709. The number of methoxy groups -OCH3 is 1. The van der Waals surface area contributed by atoms with Gasteiger partial charge >= 0.3 is 6.18 Å². The number of alkyl halides is 3. The molecule has 0 saturated heterocycles. The topological polar surface area (TPSA) is 24.5 Å². The van der Waals surface area contributed by atoms with Crippen LogP contribution in [0.3, 0.4) is 0 Å². The molecule has 0 aliphatic carbocycles. The molecule has 0 bridgehead atoms. The normalized spacial score (nSPS) is 11.7. The van der Waals surface area contributed by atoms with Gasteiger partial charge in [0.05, 0.1) is 6.61 Å². The first-order chi connectivity index (χ1) is 9.87. The Bertz CT molecular complexity index is 441. The minimum Gasteiger partial charge on any atom is -0.383 e. The highest BCUT2D eigenvalue weighted by molar-refractivity contribution is 9.10. The predicted molar refractivity (Wildman–Crippen MR) is 81.7 cm³/mol. The van der Waals surface area contributed by atoms with Gasteiger partial charge in [-0.15, -0.1) is 0 Å². The van der Waals surface area contributed by atoms with Gasteiger partial charge in [-0.25, -0.2) is 0 Å². The van der Waals surface area contributed by atoms with E-state index < -0.39 is 12.7 Å². The summed E-state index contributed by atoms with van der Waals surface area (Å²) in [7, 11) is 1.61. The highest BCUT2D eigenvalue weighted by Crippen LogP contribution is 2.28. The first-order valence-corrected chi connectivity index (χ1v) is 7.46. The van der Waals surface area contributed by atoms with Crippen LogP contribution in [0.4, 0.5) is 18.9 Å². The summed E-state index contributed by atoms with van der Waals surface area (Å²) in [6, 6.07) is 5.39. The Labute approximate surface area is 131 Å². The van der Waals surface area contributed by atoms with E-state index in [0.29, 0.717) is 31.9 Å². The van der Waals surface area contributed by atoms with E-state index in [2.05, 4.69) is 21.2 Å². The summed E-state index contributed by atoms with van der Waals surface area (Å²) in [5, 5.41) is 3.16. The summed E-state index contributed by atoms with van der Waals surface area (Å²) in [5.74, 6) is 0. The van der Waals surface area contributed by atoms with Gasteiger partial charge in [-0.05, 0) is 24.6 Å². The summed E-state index contributed by atoms with van der Waals surface area (Å²) in [4.78, 5) is 1.33. The lowest BCUT2D eigenvalue weighted by Gasteiger charge is -2.27. The van der Waals surface area contributed by atoms with Crippen molar-refractivity contribution in [1.82, 2.24) is 5.32 Å². The molecule has 0 spiro atoms. The minimum absolute atomic E-state index is 0.293. The number of benzene rings is 1. The Hall–Kier alpha value is -0.790. The predicted octanol–water partition coefficient (Wildman–Crippen LogP) is 3.57. The van der Waals surface area contributed by atoms with E-state index in [9.17, 15) is 13.2 Å². The molecule has 1 N–H and O–H groups in total. The van der Waals surface area contributed by atoms with Gasteiger partial charge in [-0.1, -0.05) is 22.0 Å². The molecule has 0 saturated carbocycles. The fraction of sp³-hybridized carbons (Fsp3) is 0.571. The molecule has 120 valence electrons. The van der Waals surface area contributed by atoms with Crippen molar-refractivity contribution < 1.29 is 17.9 Å². The molecule has 0 atom stereocenters. The Kier molecular flexibility index (Phi) is 7.48. The molecule has 0 amide bonds. The van der Waals surface area contributed by atoms with E-state index in [0.717, 1.165) is 10.0 Å². The number of halogens is 4. The maximum atomic E-state index is 12.7. The molecule has 0 aliphatic rings. The Balaban J connectivity index is 2.88. The van der Waals surface area contributed by atoms with Crippen LogP contribution < -0.4 is 10.2 Å². The van der Waals surface area contributed by atoms with E-state index in [1.807, 2.05) is 12.1 Å². The second kappa shape index (κ2) is 8.60. The van der Waals surface area contributed by atoms with Gasteiger partial charge in [0, 0.05) is 36.9 Å². The zero-order chi connectivity index (χ0) is 15.9. The van der Waals surface area contributed by atoms with Crippen LogP contribution in [-0.2, 0) is 11.3 Å². The zero-order valence-electron chi connectivity index (χ0n) is 12.1. The molecular formula is C14H20BrF3N2O. The Morgan fingerprint density at radius 3 is 2.62 bits per heavy atom. The molecule has 7 heteroatoms. The van der Waals surface area contributed by atoms with E-state index in [1.165, 1.54) is 4.90 Å². The first kappa shape index (κ1) is 18.3. The third kappa shape index (κ3) is 6.67. The van der Waals surface area contributed by atoms with Crippen LogP contribution in [0.2, 0.25) is 0 Å². The number of nitrogens with one attached hydrogen (secondary N) is 1. The van der Waals surface area contributed by atoms with E-state index >= 15 is 0 Å². The number of anilines is 1. The van der Waals surface area contributed by atoms with Gasteiger partial charge < -0.3 is 15.0 Å². The molecule has 21 heavy (non-hydrogen) atoms. The van der Waals surface area contributed by atoms with Crippen molar-refractivity contribution in [3.8, 4) is 0 Å². The standard InChI is InChI=1S/C14H20BrF3N2O/c1-3-20(10-14(16,17)18)13-8-12(15)5-4-11(13)9-19-6-7-21-2/h4-5,8,19H,3,6-7,9-10H2,1-2H3. The second-order valence-corrected chi connectivity index (χ2v) is 5.49. The summed E-state index contributed by atoms with van der Waals surface area (Å²) in [6.07, 6.45) is -4.22. The van der Waals surface area contributed by atoms with Gasteiger partial charge in [0.25, 0.3) is 0 Å². The molecule has 1 aromatic rings. The fourth-order valence-electron chi connectivity index (χ4n) is 1.96. The summed E-state index contributed by atoms with van der Waals surface area (Å²) in [6.45, 7) is 2.77. The third-order valence-corrected chi connectivity index (χ3v) is 3.43. The number of nitrogens with zero attached hydrogens (tertiary/aromatic N) is 1. The SMILES string of the molecule is CCN(CC(F)(F)F)c1cc(Br)ccc1CNCCOC. The van der Waals surface area contributed by atoms with Crippen LogP contribution in [0.5, 0.6) is 0 Å². The first-order valence-electron chi connectivity index (χ1n) is 6.67.